The summed E-state index contributed by atoms with van der Waals surface area (Å²) in [5.41, 5.74) is 1.86. The van der Waals surface area contributed by atoms with Crippen molar-refractivity contribution in [3.63, 3.8) is 0 Å². The summed E-state index contributed by atoms with van der Waals surface area (Å²) >= 11 is 3.43. The molecule has 0 aliphatic heterocycles. The van der Waals surface area contributed by atoms with E-state index in [1.165, 1.54) is 0 Å². The molecule has 0 amide bonds. The van der Waals surface area contributed by atoms with Gasteiger partial charge in [-0.1, -0.05) is 34.1 Å². The zero-order chi connectivity index (χ0) is 13.7. The van der Waals surface area contributed by atoms with Crippen LogP contribution >= 0.6 is 15.9 Å². The molecule has 19 heavy (non-hydrogen) atoms. The largest absolute Gasteiger partial charge is 0.493 e. The highest BCUT2D eigenvalue weighted by molar-refractivity contribution is 9.10. The second-order valence-electron chi connectivity index (χ2n) is 4.06. The summed E-state index contributed by atoms with van der Waals surface area (Å²) < 4.78 is 12.0. The van der Waals surface area contributed by atoms with E-state index in [9.17, 15) is 0 Å². The summed E-state index contributed by atoms with van der Waals surface area (Å²) in [6.07, 6.45) is 0. The molecule has 0 aromatic heterocycles. The Balaban J connectivity index is 2.14. The number of ether oxygens (including phenoxy) is 2. The Labute approximate surface area is 120 Å². The molecule has 0 bridgehead atoms. The van der Waals surface area contributed by atoms with Gasteiger partial charge in [-0.3, -0.25) is 0 Å². The fourth-order valence-corrected chi connectivity index (χ4v) is 2.17. The SMILES string of the molecule is COc1ccc(CO)cc1OCc1cccc(Br)c1. The first-order valence-corrected chi connectivity index (χ1v) is 6.67. The van der Waals surface area contributed by atoms with E-state index in [0.29, 0.717) is 18.1 Å². The normalized spacial score (nSPS) is 10.3. The maximum Gasteiger partial charge on any atom is 0.162 e. The van der Waals surface area contributed by atoms with Crippen molar-refractivity contribution < 1.29 is 14.6 Å². The smallest absolute Gasteiger partial charge is 0.162 e. The highest BCUT2D eigenvalue weighted by Crippen LogP contribution is 2.29. The number of halogens is 1. The summed E-state index contributed by atoms with van der Waals surface area (Å²) in [7, 11) is 1.60. The average Bonchev–Trinajstić information content (AvgIpc) is 2.45. The van der Waals surface area contributed by atoms with E-state index in [0.717, 1.165) is 15.6 Å². The lowest BCUT2D eigenvalue weighted by Crippen LogP contribution is -1.98. The Kier molecular flexibility index (Phi) is 4.82. The zero-order valence-corrected chi connectivity index (χ0v) is 12.2. The first-order chi connectivity index (χ1) is 9.22. The maximum atomic E-state index is 9.14. The number of methoxy groups -OCH3 is 1. The van der Waals surface area contributed by atoms with Crippen molar-refractivity contribution >= 4 is 15.9 Å². The lowest BCUT2D eigenvalue weighted by atomic mass is 10.2. The number of benzene rings is 2. The standard InChI is InChI=1S/C15H15BrO3/c1-18-14-6-5-11(9-17)8-15(14)19-10-12-3-2-4-13(16)7-12/h2-8,17H,9-10H2,1H3. The topological polar surface area (TPSA) is 38.7 Å². The second-order valence-corrected chi connectivity index (χ2v) is 4.98. The number of aliphatic hydroxyl groups is 1. The molecule has 0 aliphatic carbocycles. The maximum absolute atomic E-state index is 9.14. The van der Waals surface area contributed by atoms with Gasteiger partial charge in [-0.2, -0.15) is 0 Å². The highest BCUT2D eigenvalue weighted by atomic mass is 79.9. The first-order valence-electron chi connectivity index (χ1n) is 5.88. The van der Waals surface area contributed by atoms with Gasteiger partial charge in [0.25, 0.3) is 0 Å². The van der Waals surface area contributed by atoms with E-state index in [2.05, 4.69) is 15.9 Å². The molecule has 0 spiro atoms. The lowest BCUT2D eigenvalue weighted by Gasteiger charge is -2.12. The van der Waals surface area contributed by atoms with Crippen molar-refractivity contribution in [3.05, 3.63) is 58.1 Å². The van der Waals surface area contributed by atoms with Crippen LogP contribution in [0.2, 0.25) is 0 Å². The second kappa shape index (κ2) is 6.59. The Hall–Kier alpha value is -1.52. The van der Waals surface area contributed by atoms with Gasteiger partial charge in [0.2, 0.25) is 0 Å². The highest BCUT2D eigenvalue weighted by Gasteiger charge is 2.06. The first kappa shape index (κ1) is 13.9. The minimum absolute atomic E-state index is 0.0166. The molecule has 100 valence electrons. The molecule has 3 nitrogen and oxygen atoms in total. The molecule has 0 fully saturated rings. The van der Waals surface area contributed by atoms with Gasteiger partial charge < -0.3 is 14.6 Å². The third-order valence-corrected chi connectivity index (χ3v) is 3.19. The Morgan fingerprint density at radius 2 is 1.89 bits per heavy atom. The molecule has 0 aliphatic rings. The molecule has 0 unspecified atom stereocenters. The zero-order valence-electron chi connectivity index (χ0n) is 10.6. The Bertz CT molecular complexity index is 555. The van der Waals surface area contributed by atoms with Crippen LogP contribution in [0.15, 0.2) is 46.9 Å². The summed E-state index contributed by atoms with van der Waals surface area (Å²) in [5, 5.41) is 9.14. The summed E-state index contributed by atoms with van der Waals surface area (Å²) in [4.78, 5) is 0. The van der Waals surface area contributed by atoms with E-state index in [4.69, 9.17) is 14.6 Å². The van der Waals surface area contributed by atoms with Crippen LogP contribution in [0.5, 0.6) is 11.5 Å². The van der Waals surface area contributed by atoms with Gasteiger partial charge >= 0.3 is 0 Å². The molecule has 0 atom stereocenters. The Morgan fingerprint density at radius 1 is 1.05 bits per heavy atom. The van der Waals surface area contributed by atoms with Crippen molar-refractivity contribution in [1.82, 2.24) is 0 Å². The van der Waals surface area contributed by atoms with Crippen LogP contribution in [0.1, 0.15) is 11.1 Å². The molecule has 0 saturated heterocycles. The minimum atomic E-state index is -0.0166. The average molecular weight is 323 g/mol. The van der Waals surface area contributed by atoms with Gasteiger partial charge in [-0.25, -0.2) is 0 Å². The quantitative estimate of drug-likeness (QED) is 0.915. The molecular weight excluding hydrogens is 308 g/mol. The van der Waals surface area contributed by atoms with Gasteiger partial charge in [0.05, 0.1) is 13.7 Å². The number of aliphatic hydroxyl groups excluding tert-OH is 1. The summed E-state index contributed by atoms with van der Waals surface area (Å²) in [6.45, 7) is 0.432. The molecule has 1 N–H and O–H groups in total. The monoisotopic (exact) mass is 322 g/mol. The van der Waals surface area contributed by atoms with Gasteiger partial charge in [-0.15, -0.1) is 0 Å². The molecule has 2 aromatic carbocycles. The van der Waals surface area contributed by atoms with Crippen molar-refractivity contribution in [2.45, 2.75) is 13.2 Å². The molecule has 2 aromatic rings. The van der Waals surface area contributed by atoms with Gasteiger partial charge in [0, 0.05) is 4.47 Å². The van der Waals surface area contributed by atoms with Crippen LogP contribution in [0.4, 0.5) is 0 Å². The Morgan fingerprint density at radius 3 is 2.58 bits per heavy atom. The van der Waals surface area contributed by atoms with Crippen LogP contribution in [-0.2, 0) is 13.2 Å². The lowest BCUT2D eigenvalue weighted by molar-refractivity contribution is 0.271. The van der Waals surface area contributed by atoms with E-state index < -0.39 is 0 Å². The summed E-state index contributed by atoms with van der Waals surface area (Å²) in [5.74, 6) is 1.29. The predicted molar refractivity (Wildman–Crippen MR) is 77.4 cm³/mol. The van der Waals surface area contributed by atoms with E-state index in [1.807, 2.05) is 30.3 Å². The molecule has 0 heterocycles. The van der Waals surface area contributed by atoms with E-state index >= 15 is 0 Å². The third kappa shape index (κ3) is 3.72. The molecule has 2 rings (SSSR count). The molecule has 0 radical (unpaired) electrons. The number of rotatable bonds is 5. The molecule has 0 saturated carbocycles. The van der Waals surface area contributed by atoms with Crippen molar-refractivity contribution in [2.75, 3.05) is 7.11 Å². The third-order valence-electron chi connectivity index (χ3n) is 2.69. The molecular formula is C15H15BrO3. The minimum Gasteiger partial charge on any atom is -0.493 e. The molecule has 4 heteroatoms. The van der Waals surface area contributed by atoms with Crippen molar-refractivity contribution in [2.24, 2.45) is 0 Å². The van der Waals surface area contributed by atoms with Gasteiger partial charge in [-0.05, 0) is 35.4 Å². The van der Waals surface area contributed by atoms with Crippen LogP contribution in [0.25, 0.3) is 0 Å². The van der Waals surface area contributed by atoms with Crippen LogP contribution < -0.4 is 9.47 Å². The van der Waals surface area contributed by atoms with Crippen molar-refractivity contribution in [1.29, 1.82) is 0 Å². The number of hydrogen-bond donors (Lipinski definition) is 1. The van der Waals surface area contributed by atoms with Crippen LogP contribution in [0, 0.1) is 0 Å². The number of hydrogen-bond acceptors (Lipinski definition) is 3. The van der Waals surface area contributed by atoms with E-state index in [-0.39, 0.29) is 6.61 Å². The van der Waals surface area contributed by atoms with Crippen LogP contribution in [-0.4, -0.2) is 12.2 Å². The fraction of sp³-hybridized carbons (Fsp3) is 0.200. The van der Waals surface area contributed by atoms with Crippen molar-refractivity contribution in [3.8, 4) is 11.5 Å². The van der Waals surface area contributed by atoms with E-state index in [1.54, 1.807) is 19.2 Å². The van der Waals surface area contributed by atoms with Gasteiger partial charge in [0.15, 0.2) is 11.5 Å². The summed E-state index contributed by atoms with van der Waals surface area (Å²) in [6, 6.07) is 13.3. The fourth-order valence-electron chi connectivity index (χ4n) is 1.72. The van der Waals surface area contributed by atoms with Crippen LogP contribution in [0.3, 0.4) is 0 Å². The predicted octanol–water partition coefficient (Wildman–Crippen LogP) is 3.53. The van der Waals surface area contributed by atoms with Gasteiger partial charge in [0.1, 0.15) is 6.61 Å².